The van der Waals surface area contributed by atoms with Crippen LogP contribution >= 0.6 is 0 Å². The van der Waals surface area contributed by atoms with Gasteiger partial charge in [0.2, 0.25) is 0 Å². The molecule has 0 radical (unpaired) electrons. The van der Waals surface area contributed by atoms with Gasteiger partial charge in [-0.25, -0.2) is 4.98 Å². The summed E-state index contributed by atoms with van der Waals surface area (Å²) in [7, 11) is 2.00. The minimum atomic E-state index is -0.582. The van der Waals surface area contributed by atoms with Gasteiger partial charge in [-0.1, -0.05) is 18.7 Å². The van der Waals surface area contributed by atoms with Crippen LogP contribution in [0.15, 0.2) is 31.0 Å². The number of hydrogen-bond acceptors (Lipinski definition) is 6. The molecule has 2 aliphatic heterocycles. The van der Waals surface area contributed by atoms with Gasteiger partial charge < -0.3 is 10.0 Å². The fourth-order valence-electron chi connectivity index (χ4n) is 7.44. The third kappa shape index (κ3) is 2.98. The molecular formula is C29H32N6O. The molecule has 1 saturated carbocycles. The number of likely N-dealkylation sites (tertiary alicyclic amines) is 1. The Kier molecular flexibility index (Phi) is 4.68. The van der Waals surface area contributed by atoms with Crippen LogP contribution in [0.1, 0.15) is 47.6 Å². The topological polar surface area (TPSA) is 81.2 Å². The van der Waals surface area contributed by atoms with Crippen LogP contribution in [0.3, 0.4) is 0 Å². The van der Waals surface area contributed by atoms with E-state index in [1.165, 1.54) is 29.7 Å². The summed E-state index contributed by atoms with van der Waals surface area (Å²) < 4.78 is 1.95. The summed E-state index contributed by atoms with van der Waals surface area (Å²) in [6, 6.07) is 6.93. The smallest absolute Gasteiger partial charge is 0.147 e. The Morgan fingerprint density at radius 3 is 2.81 bits per heavy atom. The zero-order chi connectivity index (χ0) is 24.8. The molecule has 4 heterocycles. The molecular weight excluding hydrogens is 448 g/mol. The molecule has 7 nitrogen and oxygen atoms in total. The third-order valence-electron chi connectivity index (χ3n) is 9.29. The molecule has 2 saturated heterocycles. The molecule has 2 bridgehead atoms. The highest BCUT2D eigenvalue weighted by Gasteiger charge is 2.50. The molecule has 1 aromatic carbocycles. The van der Waals surface area contributed by atoms with E-state index in [4.69, 9.17) is 4.98 Å². The zero-order valence-electron chi connectivity index (χ0n) is 21.0. The molecule has 3 aromatic rings. The Balaban J connectivity index is 1.39. The van der Waals surface area contributed by atoms with Crippen LogP contribution < -0.4 is 4.90 Å². The summed E-state index contributed by atoms with van der Waals surface area (Å²) in [4.78, 5) is 9.66. The summed E-state index contributed by atoms with van der Waals surface area (Å²) in [5.74, 6) is 2.07. The van der Waals surface area contributed by atoms with Crippen molar-refractivity contribution in [1.82, 2.24) is 19.7 Å². The summed E-state index contributed by atoms with van der Waals surface area (Å²) in [5, 5.41) is 26.5. The molecule has 36 heavy (non-hydrogen) atoms. The van der Waals surface area contributed by atoms with E-state index >= 15 is 0 Å². The quantitative estimate of drug-likeness (QED) is 0.571. The fraction of sp³-hybridized carbons (Fsp3) is 0.483. The van der Waals surface area contributed by atoms with Gasteiger partial charge in [0.15, 0.2) is 0 Å². The van der Waals surface area contributed by atoms with Crippen LogP contribution in [0.2, 0.25) is 0 Å². The SMILES string of the molecule is C=CC(O)N1CC2(CCN(c3nc4c(c(-c5c(C)ccc6cnn(C)c56)c3C#N)[C@H]3C[C@@H](C4)C3)C2)C1. The molecule has 3 fully saturated rings. The van der Waals surface area contributed by atoms with Gasteiger partial charge in [-0.2, -0.15) is 10.4 Å². The largest absolute Gasteiger partial charge is 0.375 e. The highest BCUT2D eigenvalue weighted by atomic mass is 16.3. The summed E-state index contributed by atoms with van der Waals surface area (Å²) in [6.07, 6.45) is 7.41. The second kappa shape index (κ2) is 7.64. The molecule has 8 rings (SSSR count). The lowest BCUT2D eigenvalue weighted by Crippen LogP contribution is -2.60. The van der Waals surface area contributed by atoms with E-state index in [-0.39, 0.29) is 5.41 Å². The van der Waals surface area contributed by atoms with Crippen molar-refractivity contribution >= 4 is 16.7 Å². The molecule has 1 spiro atoms. The van der Waals surface area contributed by atoms with Crippen LogP contribution in [-0.4, -0.2) is 57.2 Å². The maximum Gasteiger partial charge on any atom is 0.147 e. The van der Waals surface area contributed by atoms with E-state index in [1.54, 1.807) is 6.08 Å². The van der Waals surface area contributed by atoms with Gasteiger partial charge in [0.1, 0.15) is 23.7 Å². The van der Waals surface area contributed by atoms with Gasteiger partial charge in [0, 0.05) is 60.8 Å². The van der Waals surface area contributed by atoms with E-state index < -0.39 is 6.23 Å². The molecule has 3 aliphatic carbocycles. The number of benzene rings is 1. The lowest BCUT2D eigenvalue weighted by atomic mass is 9.62. The maximum atomic E-state index is 10.7. The second-order valence-electron chi connectivity index (χ2n) is 11.6. The highest BCUT2D eigenvalue weighted by Crippen LogP contribution is 2.55. The van der Waals surface area contributed by atoms with Crippen LogP contribution in [0.5, 0.6) is 0 Å². The number of rotatable bonds is 4. The number of aliphatic hydroxyl groups is 1. The predicted octanol–water partition coefficient (Wildman–Crippen LogP) is 3.88. The van der Waals surface area contributed by atoms with E-state index in [0.717, 1.165) is 78.3 Å². The second-order valence-corrected chi connectivity index (χ2v) is 11.6. The first-order valence-corrected chi connectivity index (χ1v) is 13.1. The summed E-state index contributed by atoms with van der Waals surface area (Å²) in [6.45, 7) is 9.35. The predicted molar refractivity (Wildman–Crippen MR) is 140 cm³/mol. The summed E-state index contributed by atoms with van der Waals surface area (Å²) in [5.41, 5.74) is 7.89. The van der Waals surface area contributed by atoms with Gasteiger partial charge in [-0.3, -0.25) is 9.58 Å². The third-order valence-corrected chi connectivity index (χ3v) is 9.29. The normalized spacial score (nSPS) is 24.8. The zero-order valence-corrected chi connectivity index (χ0v) is 21.0. The molecule has 1 unspecified atom stereocenters. The van der Waals surface area contributed by atoms with Crippen LogP contribution in [0.4, 0.5) is 5.82 Å². The number of nitrogens with zero attached hydrogens (tertiary/aromatic N) is 6. The number of anilines is 1. The van der Waals surface area contributed by atoms with Gasteiger partial charge in [-0.05, 0) is 61.6 Å². The number of aromatic nitrogens is 3. The Morgan fingerprint density at radius 1 is 1.25 bits per heavy atom. The molecule has 5 aliphatic rings. The lowest BCUT2D eigenvalue weighted by molar-refractivity contribution is -0.0786. The minimum Gasteiger partial charge on any atom is -0.375 e. The van der Waals surface area contributed by atoms with Crippen molar-refractivity contribution in [2.45, 2.75) is 44.8 Å². The van der Waals surface area contributed by atoms with E-state index in [9.17, 15) is 10.4 Å². The molecule has 184 valence electrons. The first-order chi connectivity index (χ1) is 17.4. The molecule has 2 aromatic heterocycles. The number of nitriles is 1. The molecule has 7 heteroatoms. The van der Waals surface area contributed by atoms with Crippen molar-refractivity contribution in [2.24, 2.45) is 18.4 Å². The Hall–Kier alpha value is -3.21. The minimum absolute atomic E-state index is 0.147. The van der Waals surface area contributed by atoms with Crippen LogP contribution in [-0.2, 0) is 13.5 Å². The first kappa shape index (κ1) is 22.0. The average Bonchev–Trinajstić information content (AvgIpc) is 3.45. The van der Waals surface area contributed by atoms with Gasteiger partial charge in [-0.15, -0.1) is 0 Å². The van der Waals surface area contributed by atoms with Crippen molar-refractivity contribution in [1.29, 1.82) is 5.26 Å². The Labute approximate surface area is 211 Å². The summed E-state index contributed by atoms with van der Waals surface area (Å²) >= 11 is 0. The van der Waals surface area contributed by atoms with Crippen molar-refractivity contribution in [3.05, 3.63) is 53.4 Å². The number of fused-ring (bicyclic) bond motifs is 1. The number of pyridine rings is 1. The molecule has 0 amide bonds. The van der Waals surface area contributed by atoms with Crippen LogP contribution in [0.25, 0.3) is 22.0 Å². The Morgan fingerprint density at radius 2 is 2.06 bits per heavy atom. The lowest BCUT2D eigenvalue weighted by Gasteiger charge is -2.49. The van der Waals surface area contributed by atoms with Crippen LogP contribution in [0, 0.1) is 29.6 Å². The fourth-order valence-corrected chi connectivity index (χ4v) is 7.44. The van der Waals surface area contributed by atoms with Crippen molar-refractivity contribution in [3.8, 4) is 17.2 Å². The van der Waals surface area contributed by atoms with Gasteiger partial charge >= 0.3 is 0 Å². The Bertz CT molecular complexity index is 1450. The van der Waals surface area contributed by atoms with E-state index in [1.807, 2.05) is 17.9 Å². The molecule has 1 atom stereocenters. The maximum absolute atomic E-state index is 10.7. The monoisotopic (exact) mass is 480 g/mol. The van der Waals surface area contributed by atoms with E-state index in [0.29, 0.717) is 5.92 Å². The number of aryl methyl sites for hydroxylation is 2. The molecule has 1 N–H and O–H groups in total. The average molecular weight is 481 g/mol. The van der Waals surface area contributed by atoms with E-state index in [2.05, 4.69) is 46.6 Å². The number of aliphatic hydroxyl groups excluding tert-OH is 1. The van der Waals surface area contributed by atoms with Crippen molar-refractivity contribution < 1.29 is 5.11 Å². The van der Waals surface area contributed by atoms with Gasteiger partial charge in [0.05, 0.1) is 11.7 Å². The number of hydrogen-bond donors (Lipinski definition) is 1. The standard InChI is InChI=1S/C29H32N6O/c1-4-23(36)35-15-29(16-35)7-8-34(14-29)28-21(12-30)26(25-20-9-18(10-20)11-22(25)32-28)24-17(2)5-6-19-13-31-33(3)27(19)24/h4-6,13,18,20,23,36H,1,7-11,14-16H2,2-3H3/t18-,20+,23?. The van der Waals surface area contributed by atoms with Gasteiger partial charge in [0.25, 0.3) is 0 Å². The van der Waals surface area contributed by atoms with Crippen molar-refractivity contribution in [2.75, 3.05) is 31.1 Å². The first-order valence-electron chi connectivity index (χ1n) is 13.1. The van der Waals surface area contributed by atoms with Crippen molar-refractivity contribution in [3.63, 3.8) is 0 Å². The highest BCUT2D eigenvalue weighted by molar-refractivity contribution is 5.99.